The average molecular weight is 404 g/mol. The smallest absolute Gasteiger partial charge is 0.275 e. The normalized spacial score (nSPS) is 12.1. The lowest BCUT2D eigenvalue weighted by molar-refractivity contribution is 0.0739. The average Bonchev–Trinajstić information content (AvgIpc) is 3.15. The summed E-state index contributed by atoms with van der Waals surface area (Å²) in [7, 11) is 1.75. The SMILES string of the molecule is Cc1nc(-c2ccccc2)sc1C(C)N(C)C(=O)c1n[nH]c(=O)c2ccccc12. The van der Waals surface area contributed by atoms with E-state index in [0.29, 0.717) is 10.8 Å². The maximum atomic E-state index is 13.2. The van der Waals surface area contributed by atoms with E-state index in [2.05, 4.69) is 10.2 Å². The second kappa shape index (κ2) is 7.60. The van der Waals surface area contributed by atoms with Crippen LogP contribution in [0.2, 0.25) is 0 Å². The minimum Gasteiger partial charge on any atom is -0.333 e. The van der Waals surface area contributed by atoms with Crippen molar-refractivity contribution in [3.8, 4) is 10.6 Å². The number of hydrogen-bond acceptors (Lipinski definition) is 5. The minimum absolute atomic E-state index is 0.190. The van der Waals surface area contributed by atoms with Gasteiger partial charge in [-0.2, -0.15) is 5.10 Å². The molecule has 0 aliphatic rings. The van der Waals surface area contributed by atoms with Gasteiger partial charge < -0.3 is 4.90 Å². The highest BCUT2D eigenvalue weighted by molar-refractivity contribution is 7.15. The van der Waals surface area contributed by atoms with Crippen molar-refractivity contribution >= 4 is 28.0 Å². The summed E-state index contributed by atoms with van der Waals surface area (Å²) >= 11 is 1.58. The van der Waals surface area contributed by atoms with E-state index in [1.807, 2.05) is 44.2 Å². The predicted molar refractivity (Wildman–Crippen MR) is 115 cm³/mol. The van der Waals surface area contributed by atoms with Crippen molar-refractivity contribution in [2.75, 3.05) is 7.05 Å². The summed E-state index contributed by atoms with van der Waals surface area (Å²) in [6.07, 6.45) is 0. The quantitative estimate of drug-likeness (QED) is 0.553. The van der Waals surface area contributed by atoms with Crippen LogP contribution in [0.4, 0.5) is 0 Å². The van der Waals surface area contributed by atoms with Crippen LogP contribution in [0.25, 0.3) is 21.3 Å². The van der Waals surface area contributed by atoms with Crippen molar-refractivity contribution in [3.05, 3.63) is 81.2 Å². The molecular weight excluding hydrogens is 384 g/mol. The molecule has 0 saturated heterocycles. The highest BCUT2D eigenvalue weighted by Crippen LogP contribution is 2.34. The highest BCUT2D eigenvalue weighted by atomic mass is 32.1. The van der Waals surface area contributed by atoms with Gasteiger partial charge in [0, 0.05) is 18.0 Å². The first kappa shape index (κ1) is 19.0. The molecule has 1 atom stereocenters. The summed E-state index contributed by atoms with van der Waals surface area (Å²) in [5.41, 5.74) is 1.89. The Labute approximate surface area is 171 Å². The van der Waals surface area contributed by atoms with E-state index < -0.39 is 0 Å². The van der Waals surface area contributed by atoms with Gasteiger partial charge in [-0.25, -0.2) is 10.1 Å². The molecule has 7 heteroatoms. The molecule has 2 aromatic heterocycles. The summed E-state index contributed by atoms with van der Waals surface area (Å²) < 4.78 is 0. The van der Waals surface area contributed by atoms with E-state index in [1.165, 1.54) is 0 Å². The van der Waals surface area contributed by atoms with Crippen molar-refractivity contribution in [1.29, 1.82) is 0 Å². The molecule has 2 heterocycles. The van der Waals surface area contributed by atoms with Crippen molar-refractivity contribution < 1.29 is 4.79 Å². The maximum Gasteiger partial charge on any atom is 0.275 e. The fraction of sp³-hybridized carbons (Fsp3) is 0.182. The molecule has 29 heavy (non-hydrogen) atoms. The van der Waals surface area contributed by atoms with Gasteiger partial charge in [0.1, 0.15) is 5.01 Å². The summed E-state index contributed by atoms with van der Waals surface area (Å²) in [6.45, 7) is 3.93. The van der Waals surface area contributed by atoms with E-state index in [-0.39, 0.29) is 23.2 Å². The Morgan fingerprint density at radius 2 is 1.72 bits per heavy atom. The first-order chi connectivity index (χ1) is 14.0. The molecule has 6 nitrogen and oxygen atoms in total. The first-order valence-electron chi connectivity index (χ1n) is 9.24. The van der Waals surface area contributed by atoms with Gasteiger partial charge in [-0.1, -0.05) is 48.5 Å². The zero-order valence-electron chi connectivity index (χ0n) is 16.3. The lowest BCUT2D eigenvalue weighted by Crippen LogP contribution is -2.31. The van der Waals surface area contributed by atoms with E-state index in [0.717, 1.165) is 21.1 Å². The van der Waals surface area contributed by atoms with Crippen LogP contribution in [0.3, 0.4) is 0 Å². The Kier molecular flexibility index (Phi) is 4.98. The maximum absolute atomic E-state index is 13.2. The number of rotatable bonds is 4. The van der Waals surface area contributed by atoms with Crippen molar-refractivity contribution in [2.45, 2.75) is 19.9 Å². The third-order valence-corrected chi connectivity index (χ3v) is 6.41. The molecule has 0 spiro atoms. The van der Waals surface area contributed by atoms with E-state index in [1.54, 1.807) is 47.5 Å². The molecular formula is C22H20N4O2S. The van der Waals surface area contributed by atoms with Gasteiger partial charge in [0.05, 0.1) is 22.0 Å². The van der Waals surface area contributed by atoms with E-state index in [4.69, 9.17) is 4.98 Å². The topological polar surface area (TPSA) is 79.0 Å². The van der Waals surface area contributed by atoms with Crippen molar-refractivity contribution in [3.63, 3.8) is 0 Å². The van der Waals surface area contributed by atoms with Crippen LogP contribution in [0.5, 0.6) is 0 Å². The first-order valence-corrected chi connectivity index (χ1v) is 10.1. The number of aromatic nitrogens is 3. The number of H-pyrrole nitrogens is 1. The second-order valence-electron chi connectivity index (χ2n) is 6.87. The van der Waals surface area contributed by atoms with Crippen LogP contribution in [0.1, 0.15) is 34.0 Å². The van der Waals surface area contributed by atoms with Crippen LogP contribution in [0, 0.1) is 6.92 Å². The Bertz CT molecular complexity index is 1250. The molecule has 0 aliphatic carbocycles. The van der Waals surface area contributed by atoms with Gasteiger partial charge in [0.15, 0.2) is 5.69 Å². The Balaban J connectivity index is 1.68. The van der Waals surface area contributed by atoms with Gasteiger partial charge in [-0.15, -0.1) is 11.3 Å². The number of aromatic amines is 1. The number of thiazole rings is 1. The van der Waals surface area contributed by atoms with Crippen LogP contribution >= 0.6 is 11.3 Å². The van der Waals surface area contributed by atoms with Gasteiger partial charge in [-0.3, -0.25) is 9.59 Å². The lowest BCUT2D eigenvalue weighted by atomic mass is 10.1. The zero-order chi connectivity index (χ0) is 20.5. The third kappa shape index (κ3) is 3.45. The molecule has 1 N–H and O–H groups in total. The van der Waals surface area contributed by atoms with Crippen LogP contribution in [-0.2, 0) is 0 Å². The largest absolute Gasteiger partial charge is 0.333 e. The van der Waals surface area contributed by atoms with Crippen LogP contribution < -0.4 is 5.56 Å². The molecule has 1 amide bonds. The number of benzene rings is 2. The number of hydrogen-bond donors (Lipinski definition) is 1. The number of amides is 1. The van der Waals surface area contributed by atoms with Gasteiger partial charge in [-0.05, 0) is 19.9 Å². The van der Waals surface area contributed by atoms with Crippen LogP contribution in [0.15, 0.2) is 59.4 Å². The fourth-order valence-electron chi connectivity index (χ4n) is 3.30. The number of nitrogens with one attached hydrogen (secondary N) is 1. The molecule has 4 aromatic rings. The van der Waals surface area contributed by atoms with Gasteiger partial charge in [0.2, 0.25) is 0 Å². The highest BCUT2D eigenvalue weighted by Gasteiger charge is 2.25. The number of carbonyl (C=O) groups excluding carboxylic acids is 1. The zero-order valence-corrected chi connectivity index (χ0v) is 17.2. The number of nitrogens with zero attached hydrogens (tertiary/aromatic N) is 3. The monoisotopic (exact) mass is 404 g/mol. The molecule has 4 rings (SSSR count). The number of fused-ring (bicyclic) bond motifs is 1. The summed E-state index contributed by atoms with van der Waals surface area (Å²) in [6, 6.07) is 16.8. The Morgan fingerprint density at radius 3 is 2.45 bits per heavy atom. The van der Waals surface area contributed by atoms with Gasteiger partial charge >= 0.3 is 0 Å². The standard InChI is InChI=1S/C22H20N4O2S/c1-13-19(29-21(23-13)15-9-5-4-6-10-15)14(2)26(3)22(28)18-16-11-7-8-12-17(16)20(27)25-24-18/h4-12,14H,1-3H3,(H,25,27). The molecule has 0 bridgehead atoms. The second-order valence-corrected chi connectivity index (χ2v) is 7.90. The molecule has 0 saturated carbocycles. The number of carbonyl (C=O) groups is 1. The van der Waals surface area contributed by atoms with E-state index in [9.17, 15) is 9.59 Å². The van der Waals surface area contributed by atoms with Gasteiger partial charge in [0.25, 0.3) is 11.5 Å². The molecule has 2 aromatic carbocycles. The molecule has 0 fully saturated rings. The third-order valence-electron chi connectivity index (χ3n) is 5.03. The summed E-state index contributed by atoms with van der Waals surface area (Å²) in [4.78, 5) is 32.6. The predicted octanol–water partition coefficient (Wildman–Crippen LogP) is 4.19. The number of aryl methyl sites for hydroxylation is 1. The van der Waals surface area contributed by atoms with Crippen molar-refractivity contribution in [1.82, 2.24) is 20.1 Å². The van der Waals surface area contributed by atoms with E-state index >= 15 is 0 Å². The summed E-state index contributed by atoms with van der Waals surface area (Å²) in [5.74, 6) is -0.251. The minimum atomic E-state index is -0.307. The Morgan fingerprint density at radius 1 is 1.07 bits per heavy atom. The molecule has 0 radical (unpaired) electrons. The van der Waals surface area contributed by atoms with Crippen molar-refractivity contribution in [2.24, 2.45) is 0 Å². The lowest BCUT2D eigenvalue weighted by Gasteiger charge is -2.24. The van der Waals surface area contributed by atoms with Crippen LogP contribution in [-0.4, -0.2) is 33.0 Å². The molecule has 146 valence electrons. The molecule has 0 aliphatic heterocycles. The Hall–Kier alpha value is -3.32. The summed E-state index contributed by atoms with van der Waals surface area (Å²) in [5, 5.41) is 8.40. The molecule has 1 unspecified atom stereocenters. The fourth-order valence-corrected chi connectivity index (χ4v) is 4.46.